The maximum absolute atomic E-state index is 15.6. The van der Waals surface area contributed by atoms with E-state index in [1.165, 1.54) is 0 Å². The quantitative estimate of drug-likeness (QED) is 0.0846. The molecule has 0 radical (unpaired) electrons. The van der Waals surface area contributed by atoms with Crippen molar-refractivity contribution in [2.24, 2.45) is 7.05 Å². The maximum atomic E-state index is 15.6. The number of benzene rings is 3. The standard InChI is InChI=1S/C47H48Cl2N6O6/c1-26-17-34(18-27(2)42(26)49)61-16-10-12-35-36-13-14-37(48)41(40-29(4)51-52(6)30(40)5)44(36)55-28(3)22-54(46(56)45(35)55)38-20-31(24-60-25-59-7)19-32-21-39(47(57)58)53(43(32)38)23-33-11-8-9-15-50-33/h8-9,11,13-15,17-21,28H,10,12,16,22-25H2,1-7H3,(H,57,58). The molecule has 3 aromatic carbocycles. The molecule has 1 amide bonds. The number of carboxylic acid groups (broad SMARTS) is 1. The van der Waals surface area contributed by atoms with E-state index < -0.39 is 5.97 Å². The molecule has 0 saturated heterocycles. The van der Waals surface area contributed by atoms with Gasteiger partial charge in [-0.1, -0.05) is 35.3 Å². The van der Waals surface area contributed by atoms with Gasteiger partial charge in [0.2, 0.25) is 0 Å². The lowest BCUT2D eigenvalue weighted by molar-refractivity contribution is -0.0390. The normalized spacial score (nSPS) is 14.1. The minimum absolute atomic E-state index is 0.0688. The van der Waals surface area contributed by atoms with Crippen LogP contribution in [0.4, 0.5) is 5.69 Å². The molecule has 0 aliphatic carbocycles. The monoisotopic (exact) mass is 862 g/mol. The van der Waals surface area contributed by atoms with Crippen LogP contribution in [-0.2, 0) is 36.1 Å². The number of hydrogen-bond acceptors (Lipinski definition) is 7. The van der Waals surface area contributed by atoms with Crippen LogP contribution in [0.15, 0.2) is 66.9 Å². The molecule has 0 fully saturated rings. The Kier molecular flexibility index (Phi) is 11.7. The number of anilines is 1. The van der Waals surface area contributed by atoms with Crippen molar-refractivity contribution in [3.8, 4) is 16.9 Å². The summed E-state index contributed by atoms with van der Waals surface area (Å²) in [5, 5.41) is 18.1. The van der Waals surface area contributed by atoms with Gasteiger partial charge in [-0.3, -0.25) is 14.5 Å². The van der Waals surface area contributed by atoms with Gasteiger partial charge in [0.15, 0.2) is 0 Å². The fourth-order valence-corrected chi connectivity index (χ4v) is 9.27. The molecular weight excluding hydrogens is 815 g/mol. The number of carbonyl (C=O) groups is 2. The highest BCUT2D eigenvalue weighted by Crippen LogP contribution is 2.46. The summed E-state index contributed by atoms with van der Waals surface area (Å²) in [5.41, 5.74) is 10.5. The average Bonchev–Trinajstić information content (AvgIpc) is 3.85. The molecule has 8 rings (SSSR count). The van der Waals surface area contributed by atoms with Crippen LogP contribution in [0.3, 0.4) is 0 Å². The number of methoxy groups -OCH3 is 1. The second kappa shape index (κ2) is 17.0. The fraction of sp³-hybridized carbons (Fsp3) is 0.319. The topological polar surface area (TPSA) is 126 Å². The zero-order valence-electron chi connectivity index (χ0n) is 35.3. The van der Waals surface area contributed by atoms with Crippen molar-refractivity contribution in [2.45, 2.75) is 66.7 Å². The lowest BCUT2D eigenvalue weighted by Gasteiger charge is -2.35. The van der Waals surface area contributed by atoms with Gasteiger partial charge in [0.25, 0.3) is 5.91 Å². The zero-order valence-corrected chi connectivity index (χ0v) is 36.8. The smallest absolute Gasteiger partial charge is 0.352 e. The minimum Gasteiger partial charge on any atom is -0.494 e. The number of fused-ring (bicyclic) bond motifs is 4. The van der Waals surface area contributed by atoms with E-state index in [9.17, 15) is 9.90 Å². The molecule has 0 bridgehead atoms. The SMILES string of the molecule is COCOCc1cc(N2CC(C)n3c(c(CCCOc4cc(C)c(Cl)c(C)c4)c4ccc(Cl)c(-c5c(C)nn(C)c5C)c43)C2=O)c2c(c1)cc(C(=O)O)n2Cc1ccccn1. The molecule has 7 aromatic rings. The molecule has 61 heavy (non-hydrogen) atoms. The summed E-state index contributed by atoms with van der Waals surface area (Å²) in [5.74, 6) is -0.564. The third-order valence-electron chi connectivity index (χ3n) is 11.6. The molecule has 1 aliphatic rings. The number of rotatable bonds is 14. The van der Waals surface area contributed by atoms with Crippen molar-refractivity contribution >= 4 is 62.6 Å². The number of carbonyl (C=O) groups excluding carboxylic acids is 1. The third kappa shape index (κ3) is 7.67. The number of halogens is 2. The van der Waals surface area contributed by atoms with E-state index in [1.807, 2.05) is 94.0 Å². The second-order valence-electron chi connectivity index (χ2n) is 15.8. The number of aryl methyl sites for hydroxylation is 5. The Hall–Kier alpha value is -5.66. The van der Waals surface area contributed by atoms with Gasteiger partial charge in [0.05, 0.1) is 52.9 Å². The van der Waals surface area contributed by atoms with Crippen LogP contribution in [0.5, 0.6) is 5.75 Å². The first kappa shape index (κ1) is 42.0. The Bertz CT molecular complexity index is 2820. The molecule has 5 heterocycles. The number of carboxylic acids is 1. The van der Waals surface area contributed by atoms with Gasteiger partial charge in [0.1, 0.15) is 23.9 Å². The predicted molar refractivity (Wildman–Crippen MR) is 239 cm³/mol. The number of nitrogens with zero attached hydrogens (tertiary/aromatic N) is 6. The van der Waals surface area contributed by atoms with Gasteiger partial charge in [-0.25, -0.2) is 4.79 Å². The van der Waals surface area contributed by atoms with E-state index in [0.717, 1.165) is 66.4 Å². The Labute approximate surface area is 364 Å². The molecule has 1 atom stereocenters. The number of pyridine rings is 1. The number of aromatic nitrogens is 5. The first-order chi connectivity index (χ1) is 29.3. The number of ether oxygens (including phenoxy) is 3. The van der Waals surface area contributed by atoms with Crippen LogP contribution in [0.1, 0.15) is 79.7 Å². The summed E-state index contributed by atoms with van der Waals surface area (Å²) in [7, 11) is 3.47. The summed E-state index contributed by atoms with van der Waals surface area (Å²) in [6, 6.07) is 18.6. The zero-order chi connectivity index (χ0) is 43.3. The molecule has 1 N–H and O–H groups in total. The Morgan fingerprint density at radius 2 is 1.75 bits per heavy atom. The van der Waals surface area contributed by atoms with Crippen LogP contribution < -0.4 is 9.64 Å². The lowest BCUT2D eigenvalue weighted by Crippen LogP contribution is -2.43. The summed E-state index contributed by atoms with van der Waals surface area (Å²) < 4.78 is 23.0. The molecular formula is C47H48Cl2N6O6. The molecule has 12 nitrogen and oxygen atoms in total. The summed E-state index contributed by atoms with van der Waals surface area (Å²) in [6.07, 6.45) is 2.83. The van der Waals surface area contributed by atoms with Gasteiger partial charge in [-0.05, 0) is 118 Å². The number of amides is 1. The molecule has 1 aliphatic heterocycles. The third-order valence-corrected chi connectivity index (χ3v) is 12.5. The summed E-state index contributed by atoms with van der Waals surface area (Å²) in [4.78, 5) is 34.8. The predicted octanol–water partition coefficient (Wildman–Crippen LogP) is 10.0. The number of hydrogen-bond donors (Lipinski definition) is 1. The largest absolute Gasteiger partial charge is 0.494 e. The highest BCUT2D eigenvalue weighted by Gasteiger charge is 2.38. The minimum atomic E-state index is -1.09. The first-order valence-corrected chi connectivity index (χ1v) is 21.0. The van der Waals surface area contributed by atoms with E-state index in [1.54, 1.807) is 28.8 Å². The van der Waals surface area contributed by atoms with Gasteiger partial charge >= 0.3 is 5.97 Å². The van der Waals surface area contributed by atoms with Crippen molar-refractivity contribution in [3.63, 3.8) is 0 Å². The van der Waals surface area contributed by atoms with Crippen molar-refractivity contribution in [1.82, 2.24) is 23.9 Å². The van der Waals surface area contributed by atoms with Crippen LogP contribution >= 0.6 is 23.2 Å². The highest BCUT2D eigenvalue weighted by atomic mass is 35.5. The molecule has 14 heteroatoms. The first-order valence-electron chi connectivity index (χ1n) is 20.2. The van der Waals surface area contributed by atoms with Gasteiger partial charge < -0.3 is 33.4 Å². The van der Waals surface area contributed by atoms with E-state index in [0.29, 0.717) is 59.0 Å². The van der Waals surface area contributed by atoms with Crippen molar-refractivity contribution in [3.05, 3.63) is 128 Å². The maximum Gasteiger partial charge on any atom is 0.352 e. The summed E-state index contributed by atoms with van der Waals surface area (Å²) >= 11 is 13.6. The van der Waals surface area contributed by atoms with E-state index >= 15 is 4.79 Å². The van der Waals surface area contributed by atoms with Crippen LogP contribution in [0, 0.1) is 27.7 Å². The fourth-order valence-electron chi connectivity index (χ4n) is 8.92. The van der Waals surface area contributed by atoms with Crippen molar-refractivity contribution in [2.75, 3.05) is 32.0 Å². The Balaban J connectivity index is 1.31. The van der Waals surface area contributed by atoms with Crippen molar-refractivity contribution in [1.29, 1.82) is 0 Å². The average molecular weight is 864 g/mol. The summed E-state index contributed by atoms with van der Waals surface area (Å²) in [6.45, 7) is 11.2. The van der Waals surface area contributed by atoms with Gasteiger partial charge in [-0.15, -0.1) is 0 Å². The highest BCUT2D eigenvalue weighted by molar-refractivity contribution is 6.35. The number of aromatic carboxylic acids is 1. The van der Waals surface area contributed by atoms with E-state index in [4.69, 9.17) is 42.5 Å². The van der Waals surface area contributed by atoms with Crippen LogP contribution in [0.25, 0.3) is 32.9 Å². The Morgan fingerprint density at radius 1 is 0.984 bits per heavy atom. The Morgan fingerprint density at radius 3 is 2.43 bits per heavy atom. The molecule has 4 aromatic heterocycles. The molecule has 1 unspecified atom stereocenters. The molecule has 0 saturated carbocycles. The van der Waals surface area contributed by atoms with Crippen LogP contribution in [0.2, 0.25) is 10.0 Å². The van der Waals surface area contributed by atoms with Gasteiger partial charge in [-0.2, -0.15) is 5.10 Å². The second-order valence-corrected chi connectivity index (χ2v) is 16.6. The molecule has 316 valence electrons. The molecule has 0 spiro atoms. The lowest BCUT2D eigenvalue weighted by atomic mass is 9.98. The van der Waals surface area contributed by atoms with E-state index in [-0.39, 0.29) is 37.6 Å². The van der Waals surface area contributed by atoms with Gasteiger partial charge in [0, 0.05) is 65.6 Å². The van der Waals surface area contributed by atoms with E-state index in [2.05, 4.69) is 16.5 Å². The van der Waals surface area contributed by atoms with Crippen molar-refractivity contribution < 1.29 is 28.9 Å². The van der Waals surface area contributed by atoms with Crippen LogP contribution in [-0.4, -0.2) is 67.9 Å².